The van der Waals surface area contributed by atoms with Crippen molar-refractivity contribution in [3.8, 4) is 11.5 Å². The number of carbonyl (C=O) groups excluding carboxylic acids is 1. The minimum atomic E-state index is -4.70. The highest BCUT2D eigenvalue weighted by atomic mass is 32.2. The molecule has 43 heavy (non-hydrogen) atoms. The standard InChI is InChI=1S/C26H30F3N7O6S/c1-43(38,39)11-4-30-22-19-17(26(27,28)29)12-31-23(19)34-25(33-22)32-18-3-2-16(20-21(18)42-10-9-41-20)24(37)36-7-5-35(6-8-36)15-13-40-14-15/h2-3,12,15H,4-11,13-14H2,1H3,(H3,30,31,32,33,34). The number of piperazine rings is 1. The molecule has 0 bridgehead atoms. The third-order valence-corrected chi connectivity index (χ3v) is 8.45. The van der Waals surface area contributed by atoms with Gasteiger partial charge in [0.15, 0.2) is 11.5 Å². The van der Waals surface area contributed by atoms with Crippen LogP contribution in [0.5, 0.6) is 11.5 Å². The number of benzene rings is 1. The van der Waals surface area contributed by atoms with Gasteiger partial charge in [-0.2, -0.15) is 23.1 Å². The molecule has 0 radical (unpaired) electrons. The summed E-state index contributed by atoms with van der Waals surface area (Å²) in [6, 6.07) is 3.60. The fourth-order valence-electron chi connectivity index (χ4n) is 5.21. The molecule has 1 aromatic carbocycles. The van der Waals surface area contributed by atoms with E-state index in [4.69, 9.17) is 14.2 Å². The molecule has 3 aromatic rings. The zero-order valence-electron chi connectivity index (χ0n) is 23.2. The summed E-state index contributed by atoms with van der Waals surface area (Å²) < 4.78 is 81.4. The lowest BCUT2D eigenvalue weighted by Crippen LogP contribution is -2.57. The fraction of sp³-hybridized carbons (Fsp3) is 0.500. The van der Waals surface area contributed by atoms with Crippen LogP contribution in [-0.2, 0) is 20.8 Å². The maximum Gasteiger partial charge on any atom is 0.418 e. The summed E-state index contributed by atoms with van der Waals surface area (Å²) in [5.74, 6) is -0.292. The molecule has 3 aliphatic rings. The first-order chi connectivity index (χ1) is 20.5. The first-order valence-corrected chi connectivity index (χ1v) is 15.7. The van der Waals surface area contributed by atoms with E-state index in [1.165, 1.54) is 0 Å². The molecule has 3 N–H and O–H groups in total. The second kappa shape index (κ2) is 11.3. The monoisotopic (exact) mass is 625 g/mol. The number of sulfone groups is 1. The van der Waals surface area contributed by atoms with Crippen LogP contribution in [0.3, 0.4) is 0 Å². The van der Waals surface area contributed by atoms with Gasteiger partial charge in [-0.3, -0.25) is 9.69 Å². The lowest BCUT2D eigenvalue weighted by Gasteiger charge is -2.42. The van der Waals surface area contributed by atoms with Crippen molar-refractivity contribution in [1.29, 1.82) is 0 Å². The predicted octanol–water partition coefficient (Wildman–Crippen LogP) is 2.10. The maximum absolute atomic E-state index is 13.7. The van der Waals surface area contributed by atoms with Gasteiger partial charge in [0.05, 0.1) is 47.2 Å². The second-order valence-electron chi connectivity index (χ2n) is 10.5. The SMILES string of the molecule is CS(=O)(=O)CCNc1nc(Nc2ccc(C(=O)N3CCN(C4COC4)CC3)c3c2OCCO3)nc2[nH]cc(C(F)(F)F)c12. The zero-order chi connectivity index (χ0) is 30.4. The molecule has 13 nitrogen and oxygen atoms in total. The number of aromatic nitrogens is 3. The molecule has 1 amide bonds. The van der Waals surface area contributed by atoms with Gasteiger partial charge in [0.25, 0.3) is 5.91 Å². The van der Waals surface area contributed by atoms with Crippen molar-refractivity contribution in [3.63, 3.8) is 0 Å². The molecule has 3 aliphatic heterocycles. The minimum absolute atomic E-state index is 0.0866. The van der Waals surface area contributed by atoms with Crippen molar-refractivity contribution in [3.05, 3.63) is 29.5 Å². The molecule has 0 saturated carbocycles. The number of amides is 1. The number of alkyl halides is 3. The molecule has 0 atom stereocenters. The topological polar surface area (TPSA) is 151 Å². The van der Waals surface area contributed by atoms with Gasteiger partial charge in [0, 0.05) is 45.2 Å². The van der Waals surface area contributed by atoms with Crippen LogP contribution in [0.15, 0.2) is 18.3 Å². The van der Waals surface area contributed by atoms with Crippen LogP contribution in [-0.4, -0.2) is 116 Å². The summed E-state index contributed by atoms with van der Waals surface area (Å²) in [5.41, 5.74) is -0.434. The van der Waals surface area contributed by atoms with E-state index in [2.05, 4.69) is 30.5 Å². The summed E-state index contributed by atoms with van der Waals surface area (Å²) in [4.78, 5) is 28.6. The average Bonchev–Trinajstić information content (AvgIpc) is 3.37. The van der Waals surface area contributed by atoms with Crippen LogP contribution in [0.4, 0.5) is 30.6 Å². The van der Waals surface area contributed by atoms with Gasteiger partial charge in [-0.25, -0.2) is 8.42 Å². The van der Waals surface area contributed by atoms with Crippen molar-refractivity contribution in [2.45, 2.75) is 12.2 Å². The smallest absolute Gasteiger partial charge is 0.418 e. The molecule has 6 rings (SSSR count). The van der Waals surface area contributed by atoms with Crippen molar-refractivity contribution >= 4 is 44.2 Å². The number of ether oxygens (including phenoxy) is 3. The first kappa shape index (κ1) is 29.3. The summed E-state index contributed by atoms with van der Waals surface area (Å²) in [7, 11) is -3.39. The fourth-order valence-corrected chi connectivity index (χ4v) is 5.69. The largest absolute Gasteiger partial charge is 0.485 e. The Morgan fingerprint density at radius 3 is 2.47 bits per heavy atom. The van der Waals surface area contributed by atoms with Crippen molar-refractivity contribution < 1.29 is 40.6 Å². The predicted molar refractivity (Wildman–Crippen MR) is 150 cm³/mol. The highest BCUT2D eigenvalue weighted by Gasteiger charge is 2.36. The van der Waals surface area contributed by atoms with Crippen LogP contribution in [0.1, 0.15) is 15.9 Å². The highest BCUT2D eigenvalue weighted by Crippen LogP contribution is 2.43. The van der Waals surface area contributed by atoms with E-state index in [-0.39, 0.29) is 65.7 Å². The number of hydrogen-bond acceptors (Lipinski definition) is 11. The summed E-state index contributed by atoms with van der Waals surface area (Å²) in [6.07, 6.45) is -2.89. The number of carbonyl (C=O) groups is 1. The molecule has 2 fully saturated rings. The lowest BCUT2D eigenvalue weighted by atomic mass is 10.1. The van der Waals surface area contributed by atoms with Crippen LogP contribution in [0, 0.1) is 0 Å². The van der Waals surface area contributed by atoms with Crippen LogP contribution < -0.4 is 20.1 Å². The summed E-state index contributed by atoms with van der Waals surface area (Å²) in [5, 5.41) is 5.35. The Labute approximate surface area is 244 Å². The van der Waals surface area contributed by atoms with Crippen molar-refractivity contribution in [2.24, 2.45) is 0 Å². The van der Waals surface area contributed by atoms with E-state index in [1.807, 2.05) is 0 Å². The van der Waals surface area contributed by atoms with Gasteiger partial charge in [-0.15, -0.1) is 0 Å². The minimum Gasteiger partial charge on any atom is -0.485 e. The second-order valence-corrected chi connectivity index (χ2v) is 12.8. The normalized spacial score (nSPS) is 18.0. The van der Waals surface area contributed by atoms with E-state index in [0.29, 0.717) is 43.6 Å². The molecule has 0 spiro atoms. The Morgan fingerprint density at radius 1 is 1.09 bits per heavy atom. The van der Waals surface area contributed by atoms with E-state index in [0.717, 1.165) is 25.5 Å². The molecule has 2 aromatic heterocycles. The van der Waals surface area contributed by atoms with Crippen molar-refractivity contribution in [1.82, 2.24) is 24.8 Å². The third-order valence-electron chi connectivity index (χ3n) is 7.51. The number of nitrogens with one attached hydrogen (secondary N) is 3. The van der Waals surface area contributed by atoms with Crippen LogP contribution in [0.2, 0.25) is 0 Å². The van der Waals surface area contributed by atoms with Gasteiger partial charge in [0.1, 0.15) is 34.5 Å². The number of fused-ring (bicyclic) bond motifs is 2. The number of aromatic amines is 1. The quantitative estimate of drug-likeness (QED) is 0.338. The lowest BCUT2D eigenvalue weighted by molar-refractivity contribution is -0.136. The Bertz CT molecular complexity index is 1640. The molecule has 2 saturated heterocycles. The third kappa shape index (κ3) is 6.14. The zero-order valence-corrected chi connectivity index (χ0v) is 24.0. The Balaban J connectivity index is 1.27. The van der Waals surface area contributed by atoms with Crippen LogP contribution >= 0.6 is 0 Å². The maximum atomic E-state index is 13.7. The van der Waals surface area contributed by atoms with Crippen molar-refractivity contribution in [2.75, 3.05) is 81.8 Å². The number of halogens is 3. The molecule has 0 unspecified atom stereocenters. The summed E-state index contributed by atoms with van der Waals surface area (Å²) in [6.45, 7) is 4.30. The van der Waals surface area contributed by atoms with E-state index in [1.54, 1.807) is 17.0 Å². The Morgan fingerprint density at radius 2 is 1.81 bits per heavy atom. The van der Waals surface area contributed by atoms with Gasteiger partial charge in [0.2, 0.25) is 5.95 Å². The molecule has 5 heterocycles. The Kier molecular flexibility index (Phi) is 7.72. The molecular weight excluding hydrogens is 595 g/mol. The van der Waals surface area contributed by atoms with E-state index >= 15 is 0 Å². The number of nitrogens with zero attached hydrogens (tertiary/aromatic N) is 4. The molecular formula is C26H30F3N7O6S. The van der Waals surface area contributed by atoms with Gasteiger partial charge < -0.3 is 34.7 Å². The Hall–Kier alpha value is -3.83. The number of anilines is 3. The van der Waals surface area contributed by atoms with Gasteiger partial charge in [-0.1, -0.05) is 0 Å². The van der Waals surface area contributed by atoms with Crippen LogP contribution in [0.25, 0.3) is 11.0 Å². The average molecular weight is 626 g/mol. The highest BCUT2D eigenvalue weighted by molar-refractivity contribution is 7.90. The number of rotatable bonds is 8. The van der Waals surface area contributed by atoms with E-state index < -0.39 is 21.6 Å². The molecule has 0 aliphatic carbocycles. The molecule has 17 heteroatoms. The van der Waals surface area contributed by atoms with Gasteiger partial charge >= 0.3 is 6.18 Å². The first-order valence-electron chi connectivity index (χ1n) is 13.7. The van der Waals surface area contributed by atoms with E-state index in [9.17, 15) is 26.4 Å². The summed E-state index contributed by atoms with van der Waals surface area (Å²) >= 11 is 0. The molecule has 232 valence electrons. The number of H-pyrrole nitrogens is 1. The number of hydrogen-bond donors (Lipinski definition) is 3. The van der Waals surface area contributed by atoms with Gasteiger partial charge in [-0.05, 0) is 12.1 Å².